The molecular formula is C21H30N4O2. The number of rotatable bonds is 2. The van der Waals surface area contributed by atoms with E-state index < -0.39 is 0 Å². The maximum absolute atomic E-state index is 12.8. The first kappa shape index (κ1) is 19.4. The van der Waals surface area contributed by atoms with Crippen LogP contribution >= 0.6 is 0 Å². The number of imidazole rings is 1. The molecule has 1 aromatic carbocycles. The average molecular weight is 370 g/mol. The first-order valence-electron chi connectivity index (χ1n) is 9.66. The van der Waals surface area contributed by atoms with Crippen molar-refractivity contribution in [3.05, 3.63) is 29.6 Å². The smallest absolute Gasteiger partial charge is 0.228 e. The van der Waals surface area contributed by atoms with E-state index in [1.165, 1.54) is 0 Å². The van der Waals surface area contributed by atoms with Gasteiger partial charge in [0.15, 0.2) is 0 Å². The molecule has 3 rings (SSSR count). The van der Waals surface area contributed by atoms with Crippen LogP contribution in [-0.4, -0.2) is 57.3 Å². The van der Waals surface area contributed by atoms with Crippen LogP contribution in [-0.2, 0) is 23.1 Å². The van der Waals surface area contributed by atoms with E-state index in [-0.39, 0.29) is 17.2 Å². The SMILES string of the molecule is Cc1nc2cc(CC(=O)N3CCCN(C(=O)C(C)(C)C)CC3)ccc2n1C. The standard InChI is InChI=1S/C21H30N4O2/c1-15-22-17-13-16(7-8-18(17)23(15)5)14-19(26)24-9-6-10-25(12-11-24)20(27)21(2,3)4/h7-8,13H,6,9-12,14H2,1-5H3. The predicted octanol–water partition coefficient (Wildman–Crippen LogP) is 2.53. The van der Waals surface area contributed by atoms with Crippen molar-refractivity contribution in [1.82, 2.24) is 19.4 Å². The molecule has 0 atom stereocenters. The van der Waals surface area contributed by atoms with E-state index in [1.54, 1.807) is 0 Å². The lowest BCUT2D eigenvalue weighted by atomic mass is 9.94. The Morgan fingerprint density at radius 2 is 1.74 bits per heavy atom. The van der Waals surface area contributed by atoms with Gasteiger partial charge in [-0.2, -0.15) is 0 Å². The molecule has 1 aromatic heterocycles. The molecule has 1 aliphatic rings. The molecule has 27 heavy (non-hydrogen) atoms. The summed E-state index contributed by atoms with van der Waals surface area (Å²) >= 11 is 0. The van der Waals surface area contributed by atoms with Crippen LogP contribution in [0.15, 0.2) is 18.2 Å². The van der Waals surface area contributed by atoms with Gasteiger partial charge in [-0.05, 0) is 31.0 Å². The van der Waals surface area contributed by atoms with E-state index in [1.807, 2.05) is 62.7 Å². The maximum atomic E-state index is 12.8. The van der Waals surface area contributed by atoms with E-state index in [0.29, 0.717) is 26.1 Å². The first-order valence-corrected chi connectivity index (χ1v) is 9.66. The number of hydrogen-bond donors (Lipinski definition) is 0. The molecule has 0 bridgehead atoms. The van der Waals surface area contributed by atoms with Crippen molar-refractivity contribution in [2.24, 2.45) is 12.5 Å². The number of fused-ring (bicyclic) bond motifs is 1. The molecule has 2 aromatic rings. The Balaban J connectivity index is 1.65. The number of nitrogens with zero attached hydrogens (tertiary/aromatic N) is 4. The summed E-state index contributed by atoms with van der Waals surface area (Å²) in [6.45, 7) is 10.4. The Morgan fingerprint density at radius 1 is 1.07 bits per heavy atom. The van der Waals surface area contributed by atoms with Crippen LogP contribution in [0.1, 0.15) is 38.6 Å². The van der Waals surface area contributed by atoms with Crippen molar-refractivity contribution in [2.75, 3.05) is 26.2 Å². The monoisotopic (exact) mass is 370 g/mol. The quantitative estimate of drug-likeness (QED) is 0.816. The third kappa shape index (κ3) is 4.15. The van der Waals surface area contributed by atoms with Gasteiger partial charge in [-0.1, -0.05) is 26.8 Å². The molecule has 1 aliphatic heterocycles. The predicted molar refractivity (Wildman–Crippen MR) is 106 cm³/mol. The Kier molecular flexibility index (Phi) is 5.27. The lowest BCUT2D eigenvalue weighted by Gasteiger charge is -2.28. The highest BCUT2D eigenvalue weighted by Gasteiger charge is 2.29. The van der Waals surface area contributed by atoms with Gasteiger partial charge in [0, 0.05) is 38.6 Å². The summed E-state index contributed by atoms with van der Waals surface area (Å²) < 4.78 is 2.05. The molecule has 1 saturated heterocycles. The van der Waals surface area contributed by atoms with Gasteiger partial charge in [-0.25, -0.2) is 4.98 Å². The number of hydrogen-bond acceptors (Lipinski definition) is 3. The van der Waals surface area contributed by atoms with Crippen LogP contribution in [0.4, 0.5) is 0 Å². The van der Waals surface area contributed by atoms with Crippen molar-refractivity contribution in [1.29, 1.82) is 0 Å². The lowest BCUT2D eigenvalue weighted by molar-refractivity contribution is -0.139. The maximum Gasteiger partial charge on any atom is 0.228 e. The van der Waals surface area contributed by atoms with Crippen LogP contribution in [0.25, 0.3) is 11.0 Å². The third-order valence-corrected chi connectivity index (χ3v) is 5.30. The summed E-state index contributed by atoms with van der Waals surface area (Å²) in [5, 5.41) is 0. The number of carbonyl (C=O) groups excluding carboxylic acids is 2. The zero-order valence-corrected chi connectivity index (χ0v) is 17.1. The van der Waals surface area contributed by atoms with Crippen molar-refractivity contribution >= 4 is 22.8 Å². The zero-order valence-electron chi connectivity index (χ0n) is 17.1. The van der Waals surface area contributed by atoms with Gasteiger partial charge in [-0.15, -0.1) is 0 Å². The molecule has 0 unspecified atom stereocenters. The Labute approximate surface area is 161 Å². The van der Waals surface area contributed by atoms with Crippen LogP contribution in [0.5, 0.6) is 0 Å². The van der Waals surface area contributed by atoms with Crippen LogP contribution in [0.2, 0.25) is 0 Å². The van der Waals surface area contributed by atoms with Gasteiger partial charge in [0.1, 0.15) is 5.82 Å². The molecule has 6 nitrogen and oxygen atoms in total. The van der Waals surface area contributed by atoms with E-state index in [2.05, 4.69) is 9.55 Å². The second-order valence-corrected chi connectivity index (χ2v) is 8.49. The number of aromatic nitrogens is 2. The highest BCUT2D eigenvalue weighted by Crippen LogP contribution is 2.20. The Morgan fingerprint density at radius 3 is 2.44 bits per heavy atom. The topological polar surface area (TPSA) is 58.4 Å². The molecule has 146 valence electrons. The zero-order chi connectivity index (χ0) is 19.8. The minimum Gasteiger partial charge on any atom is -0.341 e. The van der Waals surface area contributed by atoms with Crippen LogP contribution in [0, 0.1) is 12.3 Å². The van der Waals surface area contributed by atoms with E-state index in [4.69, 9.17) is 0 Å². The molecule has 2 heterocycles. The van der Waals surface area contributed by atoms with Gasteiger partial charge < -0.3 is 14.4 Å². The minimum absolute atomic E-state index is 0.118. The molecule has 0 spiro atoms. The molecule has 0 N–H and O–H groups in total. The highest BCUT2D eigenvalue weighted by atomic mass is 16.2. The third-order valence-electron chi connectivity index (χ3n) is 5.30. The second-order valence-electron chi connectivity index (χ2n) is 8.49. The van der Waals surface area contributed by atoms with E-state index in [9.17, 15) is 9.59 Å². The van der Waals surface area contributed by atoms with Crippen LogP contribution in [0.3, 0.4) is 0 Å². The average Bonchev–Trinajstić information content (AvgIpc) is 2.78. The first-order chi connectivity index (χ1) is 12.7. The number of amides is 2. The summed E-state index contributed by atoms with van der Waals surface area (Å²) in [5.41, 5.74) is 2.61. The van der Waals surface area contributed by atoms with Gasteiger partial charge in [-0.3, -0.25) is 9.59 Å². The van der Waals surface area contributed by atoms with Crippen molar-refractivity contribution in [3.8, 4) is 0 Å². The molecule has 2 amide bonds. The summed E-state index contributed by atoms with van der Waals surface area (Å²) in [6.07, 6.45) is 1.20. The van der Waals surface area contributed by atoms with Crippen molar-refractivity contribution in [3.63, 3.8) is 0 Å². The van der Waals surface area contributed by atoms with E-state index in [0.717, 1.165) is 35.4 Å². The van der Waals surface area contributed by atoms with Crippen molar-refractivity contribution in [2.45, 2.75) is 40.5 Å². The molecule has 0 aliphatic carbocycles. The molecule has 1 fully saturated rings. The number of benzene rings is 1. The number of carbonyl (C=O) groups is 2. The lowest BCUT2D eigenvalue weighted by Crippen LogP contribution is -2.42. The van der Waals surface area contributed by atoms with Gasteiger partial charge >= 0.3 is 0 Å². The largest absolute Gasteiger partial charge is 0.341 e. The fourth-order valence-electron chi connectivity index (χ4n) is 3.61. The Hall–Kier alpha value is -2.37. The fraction of sp³-hybridized carbons (Fsp3) is 0.571. The fourth-order valence-corrected chi connectivity index (χ4v) is 3.61. The minimum atomic E-state index is -0.380. The van der Waals surface area contributed by atoms with Gasteiger partial charge in [0.05, 0.1) is 17.5 Å². The molecule has 0 radical (unpaired) electrons. The summed E-state index contributed by atoms with van der Waals surface area (Å²) in [6, 6.07) is 6.05. The second kappa shape index (κ2) is 7.33. The Bertz CT molecular complexity index is 863. The molecule has 6 heteroatoms. The van der Waals surface area contributed by atoms with Gasteiger partial charge in [0.2, 0.25) is 11.8 Å². The number of aryl methyl sites for hydroxylation is 2. The van der Waals surface area contributed by atoms with Crippen molar-refractivity contribution < 1.29 is 9.59 Å². The summed E-state index contributed by atoms with van der Waals surface area (Å²) in [5.74, 6) is 1.24. The highest BCUT2D eigenvalue weighted by molar-refractivity contribution is 5.83. The normalized spacial score (nSPS) is 15.9. The molecular weight excluding hydrogens is 340 g/mol. The van der Waals surface area contributed by atoms with Crippen LogP contribution < -0.4 is 0 Å². The van der Waals surface area contributed by atoms with E-state index >= 15 is 0 Å². The molecule has 0 saturated carbocycles. The summed E-state index contributed by atoms with van der Waals surface area (Å²) in [4.78, 5) is 33.7. The summed E-state index contributed by atoms with van der Waals surface area (Å²) in [7, 11) is 2.00. The van der Waals surface area contributed by atoms with Gasteiger partial charge in [0.25, 0.3) is 0 Å².